The SMILES string of the molecule is CN(C)c1ccc(Br)c(S(=O)(=O)N2CCC[C@@H]2C(=O)O)c1. The van der Waals surface area contributed by atoms with E-state index in [-0.39, 0.29) is 11.4 Å². The van der Waals surface area contributed by atoms with E-state index in [0.29, 0.717) is 17.3 Å². The molecule has 1 aromatic rings. The van der Waals surface area contributed by atoms with Gasteiger partial charge in [-0.25, -0.2) is 8.42 Å². The molecule has 1 aliphatic heterocycles. The first-order valence-electron chi connectivity index (χ1n) is 6.46. The first-order valence-corrected chi connectivity index (χ1v) is 8.70. The van der Waals surface area contributed by atoms with Gasteiger partial charge in [0, 0.05) is 30.8 Å². The first kappa shape index (κ1) is 16.3. The van der Waals surface area contributed by atoms with Crippen molar-refractivity contribution in [1.29, 1.82) is 0 Å². The van der Waals surface area contributed by atoms with Crippen molar-refractivity contribution >= 4 is 37.6 Å². The van der Waals surface area contributed by atoms with Gasteiger partial charge in [-0.1, -0.05) is 0 Å². The summed E-state index contributed by atoms with van der Waals surface area (Å²) in [5, 5.41) is 9.18. The maximum atomic E-state index is 12.8. The monoisotopic (exact) mass is 376 g/mol. The van der Waals surface area contributed by atoms with Crippen molar-refractivity contribution in [2.75, 3.05) is 25.5 Å². The van der Waals surface area contributed by atoms with E-state index in [1.54, 1.807) is 23.1 Å². The second-order valence-electron chi connectivity index (χ2n) is 5.12. The molecule has 116 valence electrons. The Balaban J connectivity index is 2.49. The van der Waals surface area contributed by atoms with Gasteiger partial charge in [0.2, 0.25) is 10.0 Å². The summed E-state index contributed by atoms with van der Waals surface area (Å²) in [6.45, 7) is 0.234. The number of carboxylic acids is 1. The molecule has 0 radical (unpaired) electrons. The van der Waals surface area contributed by atoms with Crippen LogP contribution in [-0.4, -0.2) is 50.5 Å². The Bertz CT molecular complexity index is 660. The Labute approximate surface area is 132 Å². The predicted molar refractivity (Wildman–Crippen MR) is 83.0 cm³/mol. The maximum absolute atomic E-state index is 12.8. The summed E-state index contributed by atoms with van der Waals surface area (Å²) in [6, 6.07) is 4.02. The number of sulfonamides is 1. The van der Waals surface area contributed by atoms with E-state index in [1.165, 1.54) is 0 Å². The molecular formula is C13H17BrN2O4S. The van der Waals surface area contributed by atoms with E-state index in [4.69, 9.17) is 0 Å². The van der Waals surface area contributed by atoms with E-state index in [2.05, 4.69) is 15.9 Å². The molecule has 1 saturated heterocycles. The highest BCUT2D eigenvalue weighted by molar-refractivity contribution is 9.10. The van der Waals surface area contributed by atoms with Crippen LogP contribution in [0.5, 0.6) is 0 Å². The Kier molecular flexibility index (Phi) is 4.60. The van der Waals surface area contributed by atoms with Crippen molar-refractivity contribution in [2.24, 2.45) is 0 Å². The number of nitrogens with zero attached hydrogens (tertiary/aromatic N) is 2. The van der Waals surface area contributed by atoms with Crippen LogP contribution in [-0.2, 0) is 14.8 Å². The van der Waals surface area contributed by atoms with Gasteiger partial charge >= 0.3 is 5.97 Å². The third-order valence-electron chi connectivity index (χ3n) is 3.51. The van der Waals surface area contributed by atoms with Crippen LogP contribution in [0.2, 0.25) is 0 Å². The molecule has 1 aliphatic rings. The molecule has 2 rings (SSSR count). The largest absolute Gasteiger partial charge is 0.480 e. The lowest BCUT2D eigenvalue weighted by atomic mass is 10.2. The molecule has 0 spiro atoms. The van der Waals surface area contributed by atoms with E-state index < -0.39 is 22.0 Å². The Morgan fingerprint density at radius 3 is 2.67 bits per heavy atom. The van der Waals surface area contributed by atoms with Crippen LogP contribution in [0.15, 0.2) is 27.6 Å². The topological polar surface area (TPSA) is 77.9 Å². The molecule has 0 saturated carbocycles. The van der Waals surface area contributed by atoms with E-state index >= 15 is 0 Å². The lowest BCUT2D eigenvalue weighted by Crippen LogP contribution is -2.40. The number of anilines is 1. The Morgan fingerprint density at radius 1 is 1.43 bits per heavy atom. The highest BCUT2D eigenvalue weighted by Crippen LogP contribution is 2.32. The first-order chi connectivity index (χ1) is 9.75. The van der Waals surface area contributed by atoms with E-state index in [9.17, 15) is 18.3 Å². The number of hydrogen-bond donors (Lipinski definition) is 1. The highest BCUT2D eigenvalue weighted by Gasteiger charge is 2.40. The summed E-state index contributed by atoms with van der Waals surface area (Å²) in [4.78, 5) is 13.1. The van der Waals surface area contributed by atoms with E-state index in [0.717, 1.165) is 9.99 Å². The zero-order chi connectivity index (χ0) is 15.8. The Morgan fingerprint density at radius 2 is 2.10 bits per heavy atom. The van der Waals surface area contributed by atoms with Crippen LogP contribution in [0.1, 0.15) is 12.8 Å². The van der Waals surface area contributed by atoms with Crippen LogP contribution in [0.25, 0.3) is 0 Å². The van der Waals surface area contributed by atoms with E-state index in [1.807, 2.05) is 14.1 Å². The molecule has 1 fully saturated rings. The van der Waals surface area contributed by atoms with Gasteiger partial charge in [0.05, 0.1) is 4.90 Å². The molecule has 6 nitrogen and oxygen atoms in total. The van der Waals surface area contributed by atoms with Crippen LogP contribution in [0, 0.1) is 0 Å². The normalized spacial score (nSPS) is 19.7. The van der Waals surface area contributed by atoms with Gasteiger partial charge in [-0.15, -0.1) is 0 Å². The fourth-order valence-corrected chi connectivity index (χ4v) is 4.97. The number of carbonyl (C=O) groups is 1. The minimum absolute atomic E-state index is 0.0989. The van der Waals surface area contributed by atoms with Gasteiger partial charge in [-0.3, -0.25) is 4.79 Å². The third-order valence-corrected chi connectivity index (χ3v) is 6.41. The second-order valence-corrected chi connectivity index (χ2v) is 7.83. The molecule has 1 N–H and O–H groups in total. The van der Waals surface area contributed by atoms with Crippen molar-refractivity contribution < 1.29 is 18.3 Å². The summed E-state index contributed by atoms with van der Waals surface area (Å²) in [5.74, 6) is -1.10. The average molecular weight is 377 g/mol. The minimum Gasteiger partial charge on any atom is -0.480 e. The molecule has 0 amide bonds. The molecule has 21 heavy (non-hydrogen) atoms. The smallest absolute Gasteiger partial charge is 0.322 e. The van der Waals surface area contributed by atoms with Crippen LogP contribution in [0.4, 0.5) is 5.69 Å². The summed E-state index contributed by atoms with van der Waals surface area (Å²) < 4.78 is 27.0. The zero-order valence-electron chi connectivity index (χ0n) is 11.8. The van der Waals surface area contributed by atoms with Crippen LogP contribution >= 0.6 is 15.9 Å². The average Bonchev–Trinajstić information content (AvgIpc) is 2.88. The number of aliphatic carboxylic acids is 1. The molecule has 0 bridgehead atoms. The van der Waals surface area contributed by atoms with Crippen molar-refractivity contribution in [3.8, 4) is 0 Å². The van der Waals surface area contributed by atoms with Crippen molar-refractivity contribution in [3.05, 3.63) is 22.7 Å². The number of benzene rings is 1. The zero-order valence-corrected chi connectivity index (χ0v) is 14.2. The summed E-state index contributed by atoms with van der Waals surface area (Å²) in [5.41, 5.74) is 0.739. The fourth-order valence-electron chi connectivity index (χ4n) is 2.37. The number of halogens is 1. The molecular weight excluding hydrogens is 360 g/mol. The van der Waals surface area contributed by atoms with Crippen LogP contribution in [0.3, 0.4) is 0 Å². The lowest BCUT2D eigenvalue weighted by molar-refractivity contribution is -0.140. The quantitative estimate of drug-likeness (QED) is 0.865. The number of hydrogen-bond acceptors (Lipinski definition) is 4. The molecule has 1 aromatic carbocycles. The molecule has 8 heteroatoms. The van der Waals surface area contributed by atoms with Gasteiger partial charge in [0.1, 0.15) is 6.04 Å². The summed E-state index contributed by atoms with van der Waals surface area (Å²) >= 11 is 3.25. The van der Waals surface area contributed by atoms with Gasteiger partial charge in [-0.2, -0.15) is 4.31 Å². The number of carboxylic acid groups (broad SMARTS) is 1. The molecule has 0 unspecified atom stereocenters. The van der Waals surface area contributed by atoms with Gasteiger partial charge in [0.25, 0.3) is 0 Å². The summed E-state index contributed by atoms with van der Waals surface area (Å²) in [7, 11) is -0.211. The van der Waals surface area contributed by atoms with Gasteiger partial charge in [-0.05, 0) is 47.0 Å². The predicted octanol–water partition coefficient (Wildman–Crippen LogP) is 1.75. The minimum atomic E-state index is -3.84. The maximum Gasteiger partial charge on any atom is 0.322 e. The second kappa shape index (κ2) is 5.94. The number of rotatable bonds is 4. The third kappa shape index (κ3) is 3.07. The van der Waals surface area contributed by atoms with Crippen molar-refractivity contribution in [2.45, 2.75) is 23.8 Å². The molecule has 0 aromatic heterocycles. The highest BCUT2D eigenvalue weighted by atomic mass is 79.9. The van der Waals surface area contributed by atoms with Gasteiger partial charge < -0.3 is 10.0 Å². The van der Waals surface area contributed by atoms with Crippen molar-refractivity contribution in [3.63, 3.8) is 0 Å². The molecule has 1 heterocycles. The fraction of sp³-hybridized carbons (Fsp3) is 0.462. The Hall–Kier alpha value is -1.12. The van der Waals surface area contributed by atoms with Gasteiger partial charge in [0.15, 0.2) is 0 Å². The molecule has 1 atom stereocenters. The van der Waals surface area contributed by atoms with Crippen molar-refractivity contribution in [1.82, 2.24) is 4.31 Å². The lowest BCUT2D eigenvalue weighted by Gasteiger charge is -2.23. The van der Waals surface area contributed by atoms with Crippen LogP contribution < -0.4 is 4.90 Å². The molecule has 0 aliphatic carbocycles. The standard InChI is InChI=1S/C13H17BrN2O4S/c1-15(2)9-5-6-10(14)12(8-9)21(19,20)16-7-3-4-11(16)13(17)18/h5-6,8,11H,3-4,7H2,1-2H3,(H,17,18)/t11-/m1/s1. The summed E-state index contributed by atoms with van der Waals surface area (Å²) in [6.07, 6.45) is 0.904.